The first-order valence-electron chi connectivity index (χ1n) is 8.12. The summed E-state index contributed by atoms with van der Waals surface area (Å²) in [4.78, 5) is 2.34. The molecule has 3 aromatic rings. The molecule has 0 N–H and O–H groups in total. The quantitative estimate of drug-likeness (QED) is 0.672. The fourth-order valence-electron chi connectivity index (χ4n) is 2.93. The van der Waals surface area contributed by atoms with Crippen molar-refractivity contribution in [3.63, 3.8) is 0 Å². The number of anilines is 1. The second kappa shape index (κ2) is 7.13. The van der Waals surface area contributed by atoms with Crippen molar-refractivity contribution >= 4 is 5.69 Å². The summed E-state index contributed by atoms with van der Waals surface area (Å²) in [6, 6.07) is 10.5. The molecule has 120 valence electrons. The number of nitrogens with zero attached hydrogens (tertiary/aromatic N) is 5. The van der Waals surface area contributed by atoms with Crippen molar-refractivity contribution < 1.29 is 0 Å². The van der Waals surface area contributed by atoms with E-state index < -0.39 is 0 Å². The number of benzene rings is 1. The SMILES string of the molecule is CCc1cccc(CC)c1N(Cn1cccn1)Cn1cccn1. The molecule has 23 heavy (non-hydrogen) atoms. The average molecular weight is 309 g/mol. The van der Waals surface area contributed by atoms with Crippen molar-refractivity contribution in [1.29, 1.82) is 0 Å². The van der Waals surface area contributed by atoms with Crippen molar-refractivity contribution in [2.75, 3.05) is 4.90 Å². The van der Waals surface area contributed by atoms with Crippen LogP contribution in [0.3, 0.4) is 0 Å². The number of para-hydroxylation sites is 1. The maximum atomic E-state index is 4.37. The highest BCUT2D eigenvalue weighted by molar-refractivity contribution is 5.59. The summed E-state index contributed by atoms with van der Waals surface area (Å²) >= 11 is 0. The first kappa shape index (κ1) is 15.3. The number of hydrogen-bond donors (Lipinski definition) is 0. The van der Waals surface area contributed by atoms with Gasteiger partial charge in [-0.2, -0.15) is 10.2 Å². The molecule has 0 aliphatic heterocycles. The average Bonchev–Trinajstić information content (AvgIpc) is 3.27. The lowest BCUT2D eigenvalue weighted by atomic mass is 10.0. The van der Waals surface area contributed by atoms with Gasteiger partial charge in [-0.05, 0) is 36.1 Å². The zero-order chi connectivity index (χ0) is 16.1. The van der Waals surface area contributed by atoms with E-state index in [0.29, 0.717) is 13.3 Å². The number of hydrogen-bond acceptors (Lipinski definition) is 3. The molecule has 3 rings (SSSR count). The Morgan fingerprint density at radius 1 is 0.826 bits per heavy atom. The third-order valence-electron chi connectivity index (χ3n) is 4.03. The van der Waals surface area contributed by atoms with Gasteiger partial charge in [-0.3, -0.25) is 9.36 Å². The molecule has 0 bridgehead atoms. The van der Waals surface area contributed by atoms with Gasteiger partial charge in [-0.15, -0.1) is 0 Å². The van der Waals surface area contributed by atoms with Gasteiger partial charge in [0.15, 0.2) is 0 Å². The maximum Gasteiger partial charge on any atom is 0.113 e. The normalized spacial score (nSPS) is 10.9. The van der Waals surface area contributed by atoms with Crippen LogP contribution in [0.1, 0.15) is 25.0 Å². The van der Waals surface area contributed by atoms with Crippen molar-refractivity contribution in [3.8, 4) is 0 Å². The Balaban J connectivity index is 2.00. The van der Waals surface area contributed by atoms with Gasteiger partial charge in [0.05, 0.1) is 0 Å². The molecule has 1 aromatic carbocycles. The van der Waals surface area contributed by atoms with Crippen molar-refractivity contribution in [1.82, 2.24) is 19.6 Å². The summed E-state index contributed by atoms with van der Waals surface area (Å²) in [6.45, 7) is 5.82. The smallest absolute Gasteiger partial charge is 0.113 e. The summed E-state index contributed by atoms with van der Waals surface area (Å²) in [6.07, 6.45) is 9.65. The minimum absolute atomic E-state index is 0.705. The van der Waals surface area contributed by atoms with Crippen LogP contribution in [0.5, 0.6) is 0 Å². The Bertz CT molecular complexity index is 657. The van der Waals surface area contributed by atoms with E-state index in [1.807, 2.05) is 46.3 Å². The highest BCUT2D eigenvalue weighted by Crippen LogP contribution is 2.28. The van der Waals surface area contributed by atoms with E-state index in [-0.39, 0.29) is 0 Å². The van der Waals surface area contributed by atoms with Crippen LogP contribution in [0.2, 0.25) is 0 Å². The first-order chi connectivity index (χ1) is 11.3. The number of rotatable bonds is 7. The Morgan fingerprint density at radius 2 is 1.35 bits per heavy atom. The molecule has 2 aromatic heterocycles. The van der Waals surface area contributed by atoms with Crippen molar-refractivity contribution in [2.24, 2.45) is 0 Å². The summed E-state index contributed by atoms with van der Waals surface area (Å²) in [5, 5.41) is 8.73. The van der Waals surface area contributed by atoms with E-state index >= 15 is 0 Å². The summed E-state index contributed by atoms with van der Waals surface area (Å²) in [5.74, 6) is 0. The zero-order valence-corrected chi connectivity index (χ0v) is 13.8. The van der Waals surface area contributed by atoms with Gasteiger partial charge in [0, 0.05) is 30.5 Å². The lowest BCUT2D eigenvalue weighted by molar-refractivity contribution is 0.496. The molecule has 0 radical (unpaired) electrons. The molecule has 0 amide bonds. The molecular weight excluding hydrogens is 286 g/mol. The molecule has 0 saturated heterocycles. The molecule has 0 unspecified atom stereocenters. The fraction of sp³-hybridized carbons (Fsp3) is 0.333. The van der Waals surface area contributed by atoms with E-state index in [2.05, 4.69) is 47.1 Å². The highest BCUT2D eigenvalue weighted by Gasteiger charge is 2.15. The predicted molar refractivity (Wildman–Crippen MR) is 92.1 cm³/mol. The van der Waals surface area contributed by atoms with Crippen LogP contribution in [-0.2, 0) is 26.2 Å². The molecule has 5 nitrogen and oxygen atoms in total. The first-order valence-corrected chi connectivity index (χ1v) is 8.12. The van der Waals surface area contributed by atoms with Crippen molar-refractivity contribution in [3.05, 3.63) is 66.2 Å². The van der Waals surface area contributed by atoms with Crippen LogP contribution in [0.15, 0.2) is 55.1 Å². The molecule has 0 atom stereocenters. The van der Waals surface area contributed by atoms with E-state index in [1.54, 1.807) is 0 Å². The Morgan fingerprint density at radius 3 is 1.74 bits per heavy atom. The lowest BCUT2D eigenvalue weighted by Crippen LogP contribution is -2.31. The summed E-state index contributed by atoms with van der Waals surface area (Å²) < 4.78 is 3.91. The number of aromatic nitrogens is 4. The Labute approximate surface area is 137 Å². The lowest BCUT2D eigenvalue weighted by Gasteiger charge is -2.29. The van der Waals surface area contributed by atoms with Crippen LogP contribution in [0, 0.1) is 0 Å². The minimum Gasteiger partial charge on any atom is -0.332 e. The predicted octanol–water partition coefficient (Wildman–Crippen LogP) is 3.33. The maximum absolute atomic E-state index is 4.37. The van der Waals surface area contributed by atoms with E-state index in [4.69, 9.17) is 0 Å². The van der Waals surface area contributed by atoms with Gasteiger partial charge in [0.25, 0.3) is 0 Å². The van der Waals surface area contributed by atoms with Gasteiger partial charge in [-0.1, -0.05) is 32.0 Å². The second-order valence-electron chi connectivity index (χ2n) is 5.55. The standard InChI is InChI=1S/C18H23N5/c1-3-16-8-5-9-17(4-2)18(16)21(14-22-12-6-10-19-22)15-23-13-7-11-20-23/h5-13H,3-4,14-15H2,1-2H3. The van der Waals surface area contributed by atoms with E-state index in [1.165, 1.54) is 16.8 Å². The monoisotopic (exact) mass is 309 g/mol. The van der Waals surface area contributed by atoms with E-state index in [0.717, 1.165) is 12.8 Å². The summed E-state index contributed by atoms with van der Waals surface area (Å²) in [7, 11) is 0. The largest absolute Gasteiger partial charge is 0.332 e. The van der Waals surface area contributed by atoms with Gasteiger partial charge < -0.3 is 4.90 Å². The molecule has 2 heterocycles. The molecule has 0 saturated carbocycles. The molecule has 0 fully saturated rings. The van der Waals surface area contributed by atoms with Crippen LogP contribution < -0.4 is 4.90 Å². The third-order valence-corrected chi connectivity index (χ3v) is 4.03. The van der Waals surface area contributed by atoms with E-state index in [9.17, 15) is 0 Å². The van der Waals surface area contributed by atoms with Crippen LogP contribution in [-0.4, -0.2) is 19.6 Å². The van der Waals surface area contributed by atoms with Gasteiger partial charge in [-0.25, -0.2) is 0 Å². The third kappa shape index (κ3) is 3.44. The molecule has 0 spiro atoms. The Kier molecular flexibility index (Phi) is 4.76. The van der Waals surface area contributed by atoms with Gasteiger partial charge >= 0.3 is 0 Å². The summed E-state index contributed by atoms with van der Waals surface area (Å²) in [5.41, 5.74) is 4.04. The van der Waals surface area contributed by atoms with Gasteiger partial charge in [0.1, 0.15) is 13.3 Å². The highest BCUT2D eigenvalue weighted by atomic mass is 15.4. The molecule has 0 aliphatic carbocycles. The van der Waals surface area contributed by atoms with Crippen molar-refractivity contribution in [2.45, 2.75) is 40.0 Å². The molecule has 5 heteroatoms. The molecule has 0 aliphatic rings. The Hall–Kier alpha value is -2.56. The van der Waals surface area contributed by atoms with Gasteiger partial charge in [0.2, 0.25) is 0 Å². The zero-order valence-electron chi connectivity index (χ0n) is 13.8. The number of aryl methyl sites for hydroxylation is 2. The van der Waals surface area contributed by atoms with Crippen LogP contribution in [0.25, 0.3) is 0 Å². The fourth-order valence-corrected chi connectivity index (χ4v) is 2.93. The van der Waals surface area contributed by atoms with Crippen LogP contribution >= 0.6 is 0 Å². The van der Waals surface area contributed by atoms with Crippen LogP contribution in [0.4, 0.5) is 5.69 Å². The minimum atomic E-state index is 0.705. The molecular formula is C18H23N5. The topological polar surface area (TPSA) is 38.9 Å². The second-order valence-corrected chi connectivity index (χ2v) is 5.55.